The Hall–Kier alpha value is -3.28. The highest BCUT2D eigenvalue weighted by molar-refractivity contribution is 6.23. The van der Waals surface area contributed by atoms with Crippen LogP contribution in [0.5, 0.6) is 0 Å². The molecule has 2 aliphatic rings. The number of amides is 2. The third kappa shape index (κ3) is 8.35. The van der Waals surface area contributed by atoms with Crippen molar-refractivity contribution in [2.24, 2.45) is 23.3 Å². The summed E-state index contributed by atoms with van der Waals surface area (Å²) in [5.74, 6) is -2.25. The van der Waals surface area contributed by atoms with E-state index in [0.717, 1.165) is 6.08 Å². The number of ketones is 2. The van der Waals surface area contributed by atoms with Crippen molar-refractivity contribution in [3.63, 3.8) is 0 Å². The van der Waals surface area contributed by atoms with Crippen molar-refractivity contribution in [1.82, 2.24) is 5.32 Å². The molecule has 216 valence electrons. The van der Waals surface area contributed by atoms with Crippen molar-refractivity contribution in [3.8, 4) is 0 Å². The number of fused-ring (bicyclic) bond motifs is 2. The Kier molecular flexibility index (Phi) is 11.6. The minimum absolute atomic E-state index is 0.118. The zero-order chi connectivity index (χ0) is 29.4. The molecular weight excluding hydrogens is 506 g/mol. The van der Waals surface area contributed by atoms with Gasteiger partial charge >= 0.3 is 6.09 Å². The van der Waals surface area contributed by atoms with E-state index in [1.165, 1.54) is 14.2 Å². The molecule has 1 aliphatic heterocycles. The summed E-state index contributed by atoms with van der Waals surface area (Å²) in [5, 5.41) is 13.6. The second kappa shape index (κ2) is 14.2. The van der Waals surface area contributed by atoms with Gasteiger partial charge in [-0.2, -0.15) is 0 Å². The summed E-state index contributed by atoms with van der Waals surface area (Å²) < 4.78 is 16.6. The number of aliphatic hydroxyl groups is 1. The topological polar surface area (TPSA) is 180 Å². The van der Waals surface area contributed by atoms with Crippen LogP contribution in [0.4, 0.5) is 4.79 Å². The van der Waals surface area contributed by atoms with Gasteiger partial charge in [0.1, 0.15) is 0 Å². The van der Waals surface area contributed by atoms with E-state index in [0.29, 0.717) is 30.4 Å². The van der Waals surface area contributed by atoms with Crippen LogP contribution < -0.4 is 16.8 Å². The normalized spacial score (nSPS) is 32.9. The van der Waals surface area contributed by atoms with Gasteiger partial charge in [0.2, 0.25) is 11.6 Å². The summed E-state index contributed by atoms with van der Waals surface area (Å²) in [6, 6.07) is 0. The van der Waals surface area contributed by atoms with Crippen molar-refractivity contribution in [3.05, 3.63) is 46.3 Å². The number of hydrogen-bond donors (Lipinski definition) is 4. The first-order chi connectivity index (χ1) is 18.3. The average Bonchev–Trinajstić information content (AvgIpc) is 2.88. The lowest BCUT2D eigenvalue weighted by atomic mass is 9.85. The number of allylic oxidation sites excluding steroid dienone is 3. The van der Waals surface area contributed by atoms with Gasteiger partial charge < -0.3 is 36.1 Å². The van der Waals surface area contributed by atoms with Crippen molar-refractivity contribution in [1.29, 1.82) is 0 Å². The molecule has 0 spiro atoms. The van der Waals surface area contributed by atoms with Crippen LogP contribution >= 0.6 is 0 Å². The Morgan fingerprint density at radius 3 is 2.33 bits per heavy atom. The lowest BCUT2D eigenvalue weighted by Gasteiger charge is -2.30. The Bertz CT molecular complexity index is 1090. The van der Waals surface area contributed by atoms with Crippen LogP contribution in [0.2, 0.25) is 0 Å². The second-order valence-electron chi connectivity index (χ2n) is 10.3. The Morgan fingerprint density at radius 1 is 1.10 bits per heavy atom. The molecule has 0 aromatic carbocycles. The number of aliphatic hydroxyl groups excluding tert-OH is 1. The molecule has 2 bridgehead atoms. The minimum atomic E-state index is -0.969. The highest BCUT2D eigenvalue weighted by atomic mass is 16.6. The SMILES string of the molecule is COC1CC/C=C(\C)C(=O)NC2=CC(=O)C(N)=C(C[C@@H](C)C[C@H](OC)[C@H](O)[C@@H](C)/C=C(\C)[C@@H]1OC(N)=O)C2=O. The van der Waals surface area contributed by atoms with E-state index in [9.17, 15) is 24.3 Å². The third-order valence-electron chi connectivity index (χ3n) is 7.16. The maximum atomic E-state index is 13.2. The fourth-order valence-corrected chi connectivity index (χ4v) is 4.91. The summed E-state index contributed by atoms with van der Waals surface area (Å²) >= 11 is 0. The number of rotatable bonds is 3. The monoisotopic (exact) mass is 547 g/mol. The lowest BCUT2D eigenvalue weighted by molar-refractivity contribution is -0.120. The van der Waals surface area contributed by atoms with E-state index in [2.05, 4.69) is 5.32 Å². The first-order valence-corrected chi connectivity index (χ1v) is 13.0. The number of hydrogen-bond acceptors (Lipinski definition) is 9. The molecule has 39 heavy (non-hydrogen) atoms. The Morgan fingerprint density at radius 2 is 1.74 bits per heavy atom. The standard InChI is InChI=1S/C28H41N3O8/c1-14-10-18-23(29)20(32)13-19(25(18)34)31-27(35)15(2)8-7-9-21(37-5)26(39-28(30)36)17(4)12-16(3)24(33)22(11-14)38-6/h8,12-14,16,21-22,24,26,33H,7,9-11,29H2,1-6H3,(H2,30,36)(H,31,35)/b15-8+,17-12+/t14-,16+,21?,22+,24-,26+/m1/s1. The molecule has 1 aliphatic carbocycles. The van der Waals surface area contributed by atoms with E-state index in [1.807, 2.05) is 6.92 Å². The van der Waals surface area contributed by atoms with Crippen LogP contribution in [0.3, 0.4) is 0 Å². The molecule has 2 rings (SSSR count). The predicted octanol–water partition coefficient (Wildman–Crippen LogP) is 1.94. The summed E-state index contributed by atoms with van der Waals surface area (Å²) in [6.45, 7) is 7.00. The summed E-state index contributed by atoms with van der Waals surface area (Å²) in [5.41, 5.74) is 12.1. The number of primary amides is 1. The van der Waals surface area contributed by atoms with Crippen molar-refractivity contribution in [2.45, 2.75) is 77.8 Å². The number of nitrogens with two attached hydrogens (primary N) is 2. The summed E-state index contributed by atoms with van der Waals surface area (Å²) in [4.78, 5) is 50.2. The quantitative estimate of drug-likeness (QED) is 0.303. The number of carbonyl (C=O) groups is 4. The molecule has 2 amide bonds. The molecule has 0 saturated heterocycles. The zero-order valence-electron chi connectivity index (χ0n) is 23.5. The first-order valence-electron chi connectivity index (χ1n) is 13.0. The smallest absolute Gasteiger partial charge is 0.405 e. The van der Waals surface area contributed by atoms with Crippen molar-refractivity contribution < 1.29 is 38.5 Å². The van der Waals surface area contributed by atoms with Crippen LogP contribution in [-0.2, 0) is 28.6 Å². The highest BCUT2D eigenvalue weighted by Crippen LogP contribution is 2.28. The molecular formula is C28H41N3O8. The molecule has 1 heterocycles. The highest BCUT2D eigenvalue weighted by Gasteiger charge is 2.33. The van der Waals surface area contributed by atoms with Crippen LogP contribution in [0, 0.1) is 11.8 Å². The van der Waals surface area contributed by atoms with E-state index in [4.69, 9.17) is 25.7 Å². The fourth-order valence-electron chi connectivity index (χ4n) is 4.91. The average molecular weight is 548 g/mol. The van der Waals surface area contributed by atoms with Crippen LogP contribution in [-0.4, -0.2) is 67.3 Å². The van der Waals surface area contributed by atoms with Crippen molar-refractivity contribution >= 4 is 23.6 Å². The minimum Gasteiger partial charge on any atom is -0.439 e. The van der Waals surface area contributed by atoms with Gasteiger partial charge in [0.15, 0.2) is 6.10 Å². The van der Waals surface area contributed by atoms with Crippen LogP contribution in [0.15, 0.2) is 46.3 Å². The fraction of sp³-hybridized carbons (Fsp3) is 0.571. The molecule has 11 nitrogen and oxygen atoms in total. The molecule has 1 unspecified atom stereocenters. The maximum absolute atomic E-state index is 13.2. The number of ether oxygens (including phenoxy) is 3. The van der Waals surface area contributed by atoms with Gasteiger partial charge in [0, 0.05) is 37.4 Å². The number of nitrogens with one attached hydrogen (secondary N) is 1. The molecule has 0 aromatic rings. The number of carbonyl (C=O) groups excluding carboxylic acids is 4. The third-order valence-corrected chi connectivity index (χ3v) is 7.16. The molecule has 11 heteroatoms. The first kappa shape index (κ1) is 31.9. The molecule has 0 saturated carbocycles. The number of methoxy groups -OCH3 is 2. The van der Waals surface area contributed by atoms with E-state index < -0.39 is 53.9 Å². The summed E-state index contributed by atoms with van der Waals surface area (Å²) in [6.07, 6.45) is 1.76. The van der Waals surface area contributed by atoms with Gasteiger partial charge in [-0.15, -0.1) is 0 Å². The van der Waals surface area contributed by atoms with Gasteiger partial charge in [-0.05, 0) is 51.0 Å². The number of Topliss-reactive ketones (excluding diaryl/α,β-unsaturated/α-hetero) is 1. The molecule has 0 radical (unpaired) electrons. The van der Waals surface area contributed by atoms with Gasteiger partial charge in [-0.1, -0.05) is 26.0 Å². The maximum Gasteiger partial charge on any atom is 0.405 e. The zero-order valence-corrected chi connectivity index (χ0v) is 23.5. The Labute approximate surface area is 229 Å². The van der Waals surface area contributed by atoms with E-state index in [1.54, 1.807) is 32.9 Å². The molecule has 0 fully saturated rings. The molecule has 6 N–H and O–H groups in total. The summed E-state index contributed by atoms with van der Waals surface area (Å²) in [7, 11) is 2.96. The van der Waals surface area contributed by atoms with E-state index in [-0.39, 0.29) is 29.3 Å². The van der Waals surface area contributed by atoms with Gasteiger partial charge in [0.25, 0.3) is 5.91 Å². The lowest BCUT2D eigenvalue weighted by Crippen LogP contribution is -2.38. The molecule has 6 atom stereocenters. The van der Waals surface area contributed by atoms with Crippen LogP contribution in [0.1, 0.15) is 53.4 Å². The van der Waals surface area contributed by atoms with Crippen LogP contribution in [0.25, 0.3) is 0 Å². The van der Waals surface area contributed by atoms with Crippen molar-refractivity contribution in [2.75, 3.05) is 14.2 Å². The van der Waals surface area contributed by atoms with Gasteiger partial charge in [0.05, 0.1) is 29.7 Å². The molecule has 0 aromatic heterocycles. The van der Waals surface area contributed by atoms with E-state index >= 15 is 0 Å². The van der Waals surface area contributed by atoms with Gasteiger partial charge in [-0.3, -0.25) is 14.4 Å². The second-order valence-corrected chi connectivity index (χ2v) is 10.3. The predicted molar refractivity (Wildman–Crippen MR) is 144 cm³/mol. The largest absolute Gasteiger partial charge is 0.439 e. The Balaban J connectivity index is 2.51. The van der Waals surface area contributed by atoms with Gasteiger partial charge in [-0.25, -0.2) is 4.79 Å².